The second-order valence-corrected chi connectivity index (χ2v) is 13.6. The Labute approximate surface area is 301 Å². The van der Waals surface area contributed by atoms with E-state index in [1.807, 2.05) is 74.5 Å². The van der Waals surface area contributed by atoms with Gasteiger partial charge in [-0.1, -0.05) is 92.7 Å². The Morgan fingerprint density at radius 1 is 0.491 bits per heavy atom. The molecule has 0 N–H and O–H groups in total. The van der Waals surface area contributed by atoms with Crippen molar-refractivity contribution in [2.75, 3.05) is 4.90 Å². The molecular weight excluding hydrogens is 679 g/mol. The molecule has 2 heterocycles. The molecule has 0 saturated carbocycles. The fraction of sp³-hybridized carbons (Fsp3) is 0.0667. The second kappa shape index (κ2) is 12.1. The number of rotatable bonds is 5. The number of para-hydroxylation sites is 3. The van der Waals surface area contributed by atoms with Crippen LogP contribution in [0.2, 0.25) is 0 Å². The van der Waals surface area contributed by atoms with Gasteiger partial charge in [0.15, 0.2) is 23.3 Å². The Balaban J connectivity index is 1.18. The summed E-state index contributed by atoms with van der Waals surface area (Å²) in [6.45, 7) is 4.06. The van der Waals surface area contributed by atoms with E-state index in [0.29, 0.717) is 11.5 Å². The minimum Gasteiger partial charge on any atom is -0.457 e. The number of halogens is 5. The molecule has 0 saturated heterocycles. The molecule has 0 unspecified atom stereocenters. The minimum atomic E-state index is -2.23. The summed E-state index contributed by atoms with van der Waals surface area (Å²) >= 11 is 0. The summed E-state index contributed by atoms with van der Waals surface area (Å²) in [5, 5.41) is 2.11. The van der Waals surface area contributed by atoms with Crippen LogP contribution in [0.5, 0.6) is 11.5 Å². The molecule has 0 fully saturated rings. The summed E-state index contributed by atoms with van der Waals surface area (Å²) in [5.41, 5.74) is 5.27. The average Bonchev–Trinajstić information content (AvgIpc) is 3.52. The molecule has 8 aromatic rings. The average molecular weight is 709 g/mol. The summed E-state index contributed by atoms with van der Waals surface area (Å²) in [7, 11) is 0. The molecule has 1 aliphatic heterocycles. The van der Waals surface area contributed by atoms with Crippen molar-refractivity contribution in [2.45, 2.75) is 19.3 Å². The molecule has 8 heteroatoms. The highest BCUT2D eigenvalue weighted by Crippen LogP contribution is 2.50. The Morgan fingerprint density at radius 2 is 1.08 bits per heavy atom. The largest absolute Gasteiger partial charge is 0.457 e. The van der Waals surface area contributed by atoms with Gasteiger partial charge in [-0.05, 0) is 65.7 Å². The topological polar surface area (TPSA) is 17.4 Å². The first-order valence-corrected chi connectivity index (χ1v) is 17.1. The molecule has 0 radical (unpaired) electrons. The molecule has 260 valence electrons. The first kappa shape index (κ1) is 32.5. The zero-order valence-corrected chi connectivity index (χ0v) is 28.5. The van der Waals surface area contributed by atoms with E-state index in [1.165, 1.54) is 0 Å². The lowest BCUT2D eigenvalue weighted by Crippen LogP contribution is -2.24. The van der Waals surface area contributed by atoms with Crippen LogP contribution in [-0.4, -0.2) is 4.57 Å². The van der Waals surface area contributed by atoms with Crippen molar-refractivity contribution in [3.63, 3.8) is 0 Å². The van der Waals surface area contributed by atoms with Gasteiger partial charge in [-0.15, -0.1) is 0 Å². The standard InChI is InChI=1S/C45H29F5N2O/c1-45(2)33-13-7-9-15-37(33)53-38-25-30(21-22-34(38)45)51(44-42(49)40(47)39(46)41(48)43(44)50)29-19-16-26(17-20-29)27-18-23-36-32(24-27)31-12-6-8-14-35(31)52(36)28-10-4-3-5-11-28/h3-25H,1-2H3. The maximum atomic E-state index is 15.6. The highest BCUT2D eigenvalue weighted by atomic mass is 19.2. The zero-order valence-electron chi connectivity index (χ0n) is 28.5. The van der Waals surface area contributed by atoms with Crippen molar-refractivity contribution in [1.29, 1.82) is 0 Å². The zero-order chi connectivity index (χ0) is 36.6. The van der Waals surface area contributed by atoms with E-state index in [1.54, 1.807) is 42.5 Å². The molecule has 7 aromatic carbocycles. The number of hydrogen-bond donors (Lipinski definition) is 0. The summed E-state index contributed by atoms with van der Waals surface area (Å²) in [6, 6.07) is 43.6. The van der Waals surface area contributed by atoms with Crippen molar-refractivity contribution in [2.24, 2.45) is 0 Å². The van der Waals surface area contributed by atoms with Crippen LogP contribution >= 0.6 is 0 Å². The third-order valence-corrected chi connectivity index (χ3v) is 10.2. The number of benzene rings is 7. The lowest BCUT2D eigenvalue weighted by atomic mass is 9.76. The van der Waals surface area contributed by atoms with E-state index >= 15 is 8.78 Å². The fourth-order valence-corrected chi connectivity index (χ4v) is 7.59. The molecule has 0 amide bonds. The van der Waals surface area contributed by atoms with Gasteiger partial charge in [0, 0.05) is 44.8 Å². The first-order chi connectivity index (χ1) is 25.6. The number of fused-ring (bicyclic) bond motifs is 5. The maximum absolute atomic E-state index is 15.6. The smallest absolute Gasteiger partial charge is 0.200 e. The van der Waals surface area contributed by atoms with E-state index in [9.17, 15) is 13.2 Å². The minimum absolute atomic E-state index is 0.144. The van der Waals surface area contributed by atoms with Gasteiger partial charge >= 0.3 is 0 Å². The summed E-state index contributed by atoms with van der Waals surface area (Å²) < 4.78 is 83.5. The molecular formula is C45H29F5N2O. The predicted molar refractivity (Wildman–Crippen MR) is 199 cm³/mol. The molecule has 9 rings (SSSR count). The van der Waals surface area contributed by atoms with Gasteiger partial charge < -0.3 is 14.2 Å². The van der Waals surface area contributed by atoms with Crippen LogP contribution in [0.25, 0.3) is 38.6 Å². The normalized spacial score (nSPS) is 13.1. The van der Waals surface area contributed by atoms with Gasteiger partial charge in [0.05, 0.1) is 16.7 Å². The Morgan fingerprint density at radius 3 is 1.83 bits per heavy atom. The van der Waals surface area contributed by atoms with E-state index in [4.69, 9.17) is 4.74 Å². The maximum Gasteiger partial charge on any atom is 0.200 e. The van der Waals surface area contributed by atoms with Gasteiger partial charge in [0.1, 0.15) is 17.2 Å². The summed E-state index contributed by atoms with van der Waals surface area (Å²) in [6.07, 6.45) is 0. The van der Waals surface area contributed by atoms with Crippen LogP contribution in [0.4, 0.5) is 39.0 Å². The van der Waals surface area contributed by atoms with Crippen LogP contribution in [0.1, 0.15) is 25.0 Å². The van der Waals surface area contributed by atoms with Gasteiger partial charge in [-0.3, -0.25) is 0 Å². The highest BCUT2D eigenvalue weighted by Gasteiger charge is 2.36. The van der Waals surface area contributed by atoms with E-state index in [0.717, 1.165) is 54.6 Å². The van der Waals surface area contributed by atoms with Crippen LogP contribution in [0.15, 0.2) is 140 Å². The number of ether oxygens (including phenoxy) is 1. The van der Waals surface area contributed by atoms with Crippen LogP contribution < -0.4 is 9.64 Å². The second-order valence-electron chi connectivity index (χ2n) is 13.6. The van der Waals surface area contributed by atoms with Crippen LogP contribution in [-0.2, 0) is 5.41 Å². The molecule has 0 aliphatic carbocycles. The molecule has 53 heavy (non-hydrogen) atoms. The third kappa shape index (κ3) is 5.00. The van der Waals surface area contributed by atoms with Crippen LogP contribution in [0.3, 0.4) is 0 Å². The molecule has 3 nitrogen and oxygen atoms in total. The number of anilines is 3. The first-order valence-electron chi connectivity index (χ1n) is 17.1. The Bertz CT molecular complexity index is 2710. The Hall–Kier alpha value is -6.41. The van der Waals surface area contributed by atoms with Crippen molar-refractivity contribution in [3.8, 4) is 28.3 Å². The molecule has 1 aliphatic rings. The SMILES string of the molecule is CC1(C)c2ccccc2Oc2cc(N(c3ccc(-c4ccc5c(c4)c4ccccc4n5-c4ccccc4)cc3)c3c(F)c(F)c(F)c(F)c3F)ccc21. The molecule has 0 atom stereocenters. The van der Waals surface area contributed by atoms with E-state index < -0.39 is 40.2 Å². The number of aromatic nitrogens is 1. The van der Waals surface area contributed by atoms with Gasteiger partial charge in [0.2, 0.25) is 5.82 Å². The molecule has 0 spiro atoms. The predicted octanol–water partition coefficient (Wildman–Crippen LogP) is 13.0. The summed E-state index contributed by atoms with van der Waals surface area (Å²) in [4.78, 5) is 1.04. The third-order valence-electron chi connectivity index (χ3n) is 10.2. The quantitative estimate of drug-likeness (QED) is 0.101. The molecule has 0 bridgehead atoms. The van der Waals surface area contributed by atoms with Gasteiger partial charge in [-0.2, -0.15) is 0 Å². The Kier molecular flexibility index (Phi) is 7.41. The number of nitrogens with zero attached hydrogens (tertiary/aromatic N) is 2. The monoisotopic (exact) mass is 708 g/mol. The van der Waals surface area contributed by atoms with Gasteiger partial charge in [0.25, 0.3) is 0 Å². The van der Waals surface area contributed by atoms with E-state index in [2.05, 4.69) is 41.0 Å². The fourth-order valence-electron chi connectivity index (χ4n) is 7.59. The lowest BCUT2D eigenvalue weighted by Gasteiger charge is -2.35. The van der Waals surface area contributed by atoms with Crippen molar-refractivity contribution in [3.05, 3.63) is 180 Å². The van der Waals surface area contributed by atoms with E-state index in [-0.39, 0.29) is 11.4 Å². The van der Waals surface area contributed by atoms with Gasteiger partial charge in [-0.25, -0.2) is 22.0 Å². The highest BCUT2D eigenvalue weighted by molar-refractivity contribution is 6.10. The summed E-state index contributed by atoms with van der Waals surface area (Å²) in [5.74, 6) is -9.18. The van der Waals surface area contributed by atoms with Crippen molar-refractivity contribution < 1.29 is 26.7 Å². The van der Waals surface area contributed by atoms with Crippen molar-refractivity contribution in [1.82, 2.24) is 4.57 Å². The lowest BCUT2D eigenvalue weighted by molar-refractivity contribution is 0.380. The number of hydrogen-bond acceptors (Lipinski definition) is 2. The van der Waals surface area contributed by atoms with Crippen molar-refractivity contribution >= 4 is 38.9 Å². The van der Waals surface area contributed by atoms with Crippen LogP contribution in [0, 0.1) is 29.1 Å². The molecule has 1 aromatic heterocycles.